The summed E-state index contributed by atoms with van der Waals surface area (Å²) in [5, 5.41) is 25.8. The number of hydrogen-bond acceptors (Lipinski definition) is 10. The molecule has 1 aromatic heterocycles. The number of nitrogens with zero attached hydrogens (tertiary/aromatic N) is 3. The first-order valence-electron chi connectivity index (χ1n) is 20.8. The van der Waals surface area contributed by atoms with Gasteiger partial charge in [-0.2, -0.15) is 44.2 Å². The van der Waals surface area contributed by atoms with Crippen LogP contribution in [0.25, 0.3) is 10.9 Å². The number of carboxylic acids is 3. The minimum absolute atomic E-state index is 0.0223. The molecule has 0 unspecified atom stereocenters. The molecule has 69 heavy (non-hydrogen) atoms. The molecular weight excluding hydrogens is 1010 g/mol. The van der Waals surface area contributed by atoms with Gasteiger partial charge in [0.2, 0.25) is 15.9 Å². The van der Waals surface area contributed by atoms with E-state index in [1.807, 2.05) is 50.1 Å². The summed E-state index contributed by atoms with van der Waals surface area (Å²) in [7, 11) is -0.0444. The van der Waals surface area contributed by atoms with Gasteiger partial charge in [-0.25, -0.2) is 27.8 Å². The third-order valence-electron chi connectivity index (χ3n) is 10.7. The fraction of sp³-hybridized carbons (Fsp3) is 0.548. The van der Waals surface area contributed by atoms with Crippen molar-refractivity contribution in [2.24, 2.45) is 0 Å². The van der Waals surface area contributed by atoms with Gasteiger partial charge in [0, 0.05) is 40.8 Å². The topological polar surface area (TPSA) is 216 Å². The highest BCUT2D eigenvalue weighted by molar-refractivity contribution is 7.89. The number of hydrogen-bond donors (Lipinski definition) is 5. The van der Waals surface area contributed by atoms with Crippen LogP contribution in [0.15, 0.2) is 41.3 Å². The van der Waals surface area contributed by atoms with E-state index in [0.717, 1.165) is 61.8 Å². The number of amides is 1. The number of halogens is 11. The smallest absolute Gasteiger partial charge is 0.487 e. The van der Waals surface area contributed by atoms with Crippen LogP contribution in [0.3, 0.4) is 0 Å². The molecule has 2 aliphatic rings. The molecule has 5 N–H and O–H groups in total. The number of likely N-dealkylation sites (tertiary alicyclic amines) is 1. The Morgan fingerprint density at radius 2 is 1.38 bits per heavy atom. The molecule has 0 spiro atoms. The molecule has 3 aromatic rings. The van der Waals surface area contributed by atoms with Gasteiger partial charge >= 0.3 is 36.4 Å². The van der Waals surface area contributed by atoms with Crippen molar-refractivity contribution in [3.8, 4) is 5.75 Å². The molecule has 5 rings (SSSR count). The van der Waals surface area contributed by atoms with Crippen molar-refractivity contribution in [2.45, 2.75) is 113 Å². The number of pyridine rings is 1. The first-order valence-corrected chi connectivity index (χ1v) is 23.1. The molecule has 0 bridgehead atoms. The van der Waals surface area contributed by atoms with E-state index in [1.54, 1.807) is 0 Å². The van der Waals surface area contributed by atoms with Crippen molar-refractivity contribution in [3.63, 3.8) is 0 Å². The van der Waals surface area contributed by atoms with Crippen molar-refractivity contribution in [1.29, 1.82) is 0 Å². The molecular formula is C42H52Cl2F9N5O10S. The van der Waals surface area contributed by atoms with Gasteiger partial charge in [-0.3, -0.25) is 4.79 Å². The number of unbranched alkanes of at least 4 members (excludes halogenated alkanes) is 2. The lowest BCUT2D eigenvalue weighted by molar-refractivity contribution is -0.193. The van der Waals surface area contributed by atoms with Crippen molar-refractivity contribution in [2.75, 3.05) is 40.3 Å². The summed E-state index contributed by atoms with van der Waals surface area (Å²) in [5.74, 6) is -7.86. The lowest BCUT2D eigenvalue weighted by Crippen LogP contribution is -2.60. The third-order valence-corrected chi connectivity index (χ3v) is 13.2. The number of carbonyl (C=O) groups is 4. The number of sulfonamides is 1. The third kappa shape index (κ3) is 18.5. The van der Waals surface area contributed by atoms with E-state index in [4.69, 9.17) is 57.6 Å². The maximum absolute atomic E-state index is 14.1. The van der Waals surface area contributed by atoms with Crippen LogP contribution in [0, 0.1) is 13.8 Å². The number of ether oxygens (including phenoxy) is 1. The fourth-order valence-corrected chi connectivity index (χ4v) is 9.53. The first kappa shape index (κ1) is 60.4. The average Bonchev–Trinajstić information content (AvgIpc) is 3.71. The van der Waals surface area contributed by atoms with Crippen molar-refractivity contribution >= 4 is 67.9 Å². The zero-order valence-corrected chi connectivity index (χ0v) is 39.9. The number of piperidine rings is 1. The van der Waals surface area contributed by atoms with Crippen LogP contribution in [-0.4, -0.2) is 133 Å². The highest BCUT2D eigenvalue weighted by Gasteiger charge is 2.48. The fourth-order valence-electron chi connectivity index (χ4n) is 7.22. The van der Waals surface area contributed by atoms with Crippen LogP contribution < -0.4 is 14.8 Å². The minimum Gasteiger partial charge on any atom is -0.487 e. The number of rotatable bonds is 14. The highest BCUT2D eigenvalue weighted by Crippen LogP contribution is 2.38. The first-order chi connectivity index (χ1) is 31.8. The zero-order valence-electron chi connectivity index (χ0n) is 37.5. The molecule has 15 nitrogen and oxygen atoms in total. The Morgan fingerprint density at radius 3 is 1.87 bits per heavy atom. The number of aryl methyl sites for hydroxylation is 2. The van der Waals surface area contributed by atoms with E-state index in [1.165, 1.54) is 25.0 Å². The Kier molecular flexibility index (Phi) is 22.7. The summed E-state index contributed by atoms with van der Waals surface area (Å²) >= 11 is 13.4. The highest BCUT2D eigenvalue weighted by atomic mass is 35.5. The van der Waals surface area contributed by atoms with Gasteiger partial charge in [-0.1, -0.05) is 54.6 Å². The minimum atomic E-state index is -5.08. The summed E-state index contributed by atoms with van der Waals surface area (Å²) in [6.07, 6.45) is -7.54. The predicted octanol–water partition coefficient (Wildman–Crippen LogP) is 8.54. The SMILES string of the molecule is CNCCCCCN(C)C1CCN(C(=O)C2(NS(=O)(=O)c3ccc(Cl)c(COc4cccc5c(C)cc(C)nc45)c3Cl)CCCC2)CC1.O=C(O)C(F)(F)F.O=C(O)C(F)(F)F.O=C(O)C(F)(F)F. The monoisotopic (exact) mass is 1060 g/mol. The Hall–Kier alpha value is -4.69. The molecule has 2 aromatic carbocycles. The van der Waals surface area contributed by atoms with Gasteiger partial charge in [0.15, 0.2) is 0 Å². The number of aromatic nitrogens is 1. The van der Waals surface area contributed by atoms with Crippen molar-refractivity contribution < 1.29 is 87.2 Å². The number of para-hydroxylation sites is 1. The summed E-state index contributed by atoms with van der Waals surface area (Å²) in [6.45, 7) is 7.20. The Bertz CT molecular complexity index is 2290. The lowest BCUT2D eigenvalue weighted by atomic mass is 9.94. The Morgan fingerprint density at radius 1 is 0.855 bits per heavy atom. The van der Waals surface area contributed by atoms with Crippen LogP contribution in [-0.2, 0) is 35.8 Å². The molecule has 1 amide bonds. The van der Waals surface area contributed by atoms with E-state index in [-0.39, 0.29) is 27.5 Å². The van der Waals surface area contributed by atoms with Crippen LogP contribution >= 0.6 is 23.2 Å². The molecule has 1 saturated heterocycles. The van der Waals surface area contributed by atoms with Crippen LogP contribution in [0.5, 0.6) is 5.75 Å². The van der Waals surface area contributed by atoms with E-state index < -0.39 is 52.0 Å². The van der Waals surface area contributed by atoms with Crippen molar-refractivity contribution in [1.82, 2.24) is 24.8 Å². The number of carboxylic acid groups (broad SMARTS) is 3. The van der Waals surface area contributed by atoms with E-state index in [9.17, 15) is 52.7 Å². The van der Waals surface area contributed by atoms with Gasteiger partial charge in [0.25, 0.3) is 0 Å². The maximum atomic E-state index is 14.1. The van der Waals surface area contributed by atoms with Gasteiger partial charge in [0.05, 0.1) is 5.02 Å². The number of benzene rings is 2. The molecule has 2 fully saturated rings. The van der Waals surface area contributed by atoms with E-state index in [2.05, 4.69) is 27.0 Å². The quantitative estimate of drug-likeness (QED) is 0.0757. The maximum Gasteiger partial charge on any atom is 0.490 e. The zero-order chi connectivity index (χ0) is 52.7. The van der Waals surface area contributed by atoms with Crippen LogP contribution in [0.1, 0.15) is 74.6 Å². The van der Waals surface area contributed by atoms with Gasteiger partial charge in [0.1, 0.15) is 28.3 Å². The second-order valence-electron chi connectivity index (χ2n) is 15.8. The number of nitrogens with one attached hydrogen (secondary N) is 2. The van der Waals surface area contributed by atoms with Gasteiger partial charge < -0.3 is 35.2 Å². The summed E-state index contributed by atoms with van der Waals surface area (Å²) in [4.78, 5) is 49.6. The second kappa shape index (κ2) is 26.0. The molecule has 388 valence electrons. The molecule has 1 aliphatic carbocycles. The molecule has 1 aliphatic heterocycles. The predicted molar refractivity (Wildman–Crippen MR) is 235 cm³/mol. The van der Waals surface area contributed by atoms with Gasteiger partial charge in [-0.15, -0.1) is 0 Å². The average molecular weight is 1060 g/mol. The molecule has 2 heterocycles. The van der Waals surface area contributed by atoms with Gasteiger partial charge in [-0.05, 0) is 109 Å². The molecule has 1 saturated carbocycles. The Balaban J connectivity index is 0.000000646. The molecule has 27 heteroatoms. The number of aliphatic carboxylic acids is 3. The largest absolute Gasteiger partial charge is 0.490 e. The summed E-state index contributed by atoms with van der Waals surface area (Å²) in [5.41, 5.74) is 1.81. The standard InChI is InChI=1S/C36H49Cl2N5O4S.3C2HF3O2/c1-25-23-26(2)40-34-28(25)11-10-12-31(34)47-24-29-30(37)13-14-32(33(29)38)48(45,46)41-36(17-6-7-18-36)35(44)43-21-15-27(16-22-43)42(4)20-9-5-8-19-39-3;3*3-2(4,5)1(6)7/h10-14,23,27,39,41H,5-9,15-22,24H2,1-4H3;3*(H,6,7). The molecule has 0 radical (unpaired) electrons. The van der Waals surface area contributed by atoms with E-state index >= 15 is 0 Å². The normalized spacial score (nSPS) is 15.3. The van der Waals surface area contributed by atoms with Crippen LogP contribution in [0.4, 0.5) is 39.5 Å². The lowest BCUT2D eigenvalue weighted by Gasteiger charge is -2.41. The van der Waals surface area contributed by atoms with Crippen molar-refractivity contribution in [3.05, 3.63) is 63.3 Å². The summed E-state index contributed by atoms with van der Waals surface area (Å²) in [6, 6.07) is 11.0. The van der Waals surface area contributed by atoms with Crippen LogP contribution in [0.2, 0.25) is 10.0 Å². The second-order valence-corrected chi connectivity index (χ2v) is 18.3. The summed E-state index contributed by atoms with van der Waals surface area (Å²) < 4.78 is 132. The number of alkyl halides is 9. The van der Waals surface area contributed by atoms with E-state index in [0.29, 0.717) is 48.8 Å². The number of carbonyl (C=O) groups excluding carboxylic acids is 1. The molecule has 0 atom stereocenters. The Labute approximate surface area is 401 Å². The number of fused-ring (bicyclic) bond motifs is 1.